The Kier molecular flexibility index (Phi) is 3.50. The molecule has 3 aromatic heterocycles. The van der Waals surface area contributed by atoms with E-state index in [0.717, 1.165) is 17.5 Å². The van der Waals surface area contributed by atoms with E-state index in [1.54, 1.807) is 23.0 Å². The van der Waals surface area contributed by atoms with E-state index < -0.39 is 0 Å². The highest BCUT2D eigenvalue weighted by atomic mass is 16.5. The Morgan fingerprint density at radius 2 is 2.32 bits per heavy atom. The van der Waals surface area contributed by atoms with Crippen LogP contribution in [0, 0.1) is 0 Å². The normalized spacial score (nSPS) is 10.9. The third-order valence-electron chi connectivity index (χ3n) is 3.40. The van der Waals surface area contributed by atoms with Gasteiger partial charge in [-0.3, -0.25) is 9.89 Å². The molecule has 0 radical (unpaired) electrons. The largest absolute Gasteiger partial charge is 0.480 e. The van der Waals surface area contributed by atoms with Crippen LogP contribution in [0.4, 0.5) is 5.82 Å². The maximum Gasteiger partial charge on any atom is 0.262 e. The lowest BCUT2D eigenvalue weighted by atomic mass is 10.2. The number of fused-ring (bicyclic) bond motifs is 1. The molecular weight excluding hydrogens is 284 g/mol. The molecule has 0 aliphatic rings. The number of hydrogen-bond donors (Lipinski definition) is 2. The van der Waals surface area contributed by atoms with Crippen LogP contribution in [-0.4, -0.2) is 38.0 Å². The van der Waals surface area contributed by atoms with Crippen LogP contribution in [-0.2, 0) is 13.5 Å². The fourth-order valence-corrected chi connectivity index (χ4v) is 2.36. The molecule has 0 saturated heterocycles. The van der Waals surface area contributed by atoms with E-state index in [4.69, 9.17) is 4.74 Å². The molecule has 0 bridgehead atoms. The number of methoxy groups -OCH3 is 1. The molecule has 8 heteroatoms. The molecule has 3 rings (SSSR count). The zero-order valence-corrected chi connectivity index (χ0v) is 12.5. The van der Waals surface area contributed by atoms with Gasteiger partial charge in [0.1, 0.15) is 11.4 Å². The summed E-state index contributed by atoms with van der Waals surface area (Å²) in [4.78, 5) is 16.5. The van der Waals surface area contributed by atoms with Crippen molar-refractivity contribution in [3.05, 3.63) is 29.6 Å². The summed E-state index contributed by atoms with van der Waals surface area (Å²) >= 11 is 0. The number of carbonyl (C=O) groups is 1. The summed E-state index contributed by atoms with van der Waals surface area (Å²) < 4.78 is 6.79. The molecule has 0 aromatic carbocycles. The van der Waals surface area contributed by atoms with Gasteiger partial charge < -0.3 is 10.1 Å². The first kappa shape index (κ1) is 14.1. The number of aromatic amines is 1. The molecule has 3 aromatic rings. The summed E-state index contributed by atoms with van der Waals surface area (Å²) in [5, 5.41) is 15.1. The van der Waals surface area contributed by atoms with Crippen molar-refractivity contribution < 1.29 is 9.53 Å². The van der Waals surface area contributed by atoms with Crippen LogP contribution in [0.3, 0.4) is 0 Å². The molecule has 0 aliphatic carbocycles. The number of hydrogen-bond acceptors (Lipinski definition) is 5. The van der Waals surface area contributed by atoms with Crippen LogP contribution in [0.15, 0.2) is 18.3 Å². The van der Waals surface area contributed by atoms with Crippen LogP contribution < -0.4 is 10.1 Å². The van der Waals surface area contributed by atoms with E-state index in [-0.39, 0.29) is 11.8 Å². The van der Waals surface area contributed by atoms with E-state index in [0.29, 0.717) is 17.0 Å². The van der Waals surface area contributed by atoms with Crippen molar-refractivity contribution in [1.29, 1.82) is 0 Å². The number of H-pyrrole nitrogens is 1. The Balaban J connectivity index is 1.98. The van der Waals surface area contributed by atoms with Gasteiger partial charge in [0.05, 0.1) is 18.2 Å². The smallest absolute Gasteiger partial charge is 0.262 e. The van der Waals surface area contributed by atoms with E-state index in [1.807, 2.05) is 14.0 Å². The van der Waals surface area contributed by atoms with Crippen molar-refractivity contribution in [2.24, 2.45) is 7.05 Å². The average Bonchev–Trinajstić information content (AvgIpc) is 3.09. The molecular formula is C14H16N6O2. The molecule has 114 valence electrons. The second-order valence-electron chi connectivity index (χ2n) is 4.74. The Labute approximate surface area is 126 Å². The molecule has 0 atom stereocenters. The molecule has 8 nitrogen and oxygen atoms in total. The summed E-state index contributed by atoms with van der Waals surface area (Å²) in [6, 6.07) is 3.33. The van der Waals surface area contributed by atoms with Gasteiger partial charge in [0, 0.05) is 13.2 Å². The lowest BCUT2D eigenvalue weighted by molar-refractivity contribution is 0.102. The van der Waals surface area contributed by atoms with Gasteiger partial charge in [-0.1, -0.05) is 6.92 Å². The summed E-state index contributed by atoms with van der Waals surface area (Å²) in [6.45, 7) is 2.00. The lowest BCUT2D eigenvalue weighted by Gasteiger charge is -2.06. The van der Waals surface area contributed by atoms with Gasteiger partial charge in [-0.25, -0.2) is 9.67 Å². The average molecular weight is 300 g/mol. The Morgan fingerprint density at radius 1 is 1.50 bits per heavy atom. The van der Waals surface area contributed by atoms with Crippen molar-refractivity contribution in [2.45, 2.75) is 13.3 Å². The second-order valence-corrected chi connectivity index (χ2v) is 4.74. The molecule has 22 heavy (non-hydrogen) atoms. The fraction of sp³-hybridized carbons (Fsp3) is 0.286. The summed E-state index contributed by atoms with van der Waals surface area (Å²) in [7, 11) is 3.29. The van der Waals surface area contributed by atoms with Crippen LogP contribution in [0.1, 0.15) is 23.0 Å². The molecule has 0 fully saturated rings. The van der Waals surface area contributed by atoms with E-state index >= 15 is 0 Å². The van der Waals surface area contributed by atoms with Gasteiger partial charge >= 0.3 is 0 Å². The minimum Gasteiger partial charge on any atom is -0.480 e. The number of ether oxygens (including phenoxy) is 1. The van der Waals surface area contributed by atoms with Gasteiger partial charge in [0.15, 0.2) is 5.65 Å². The molecule has 0 spiro atoms. The second kappa shape index (κ2) is 5.47. The first-order chi connectivity index (χ1) is 10.7. The van der Waals surface area contributed by atoms with Crippen LogP contribution in [0.25, 0.3) is 11.0 Å². The maximum absolute atomic E-state index is 12.4. The minimum atomic E-state index is -0.318. The number of aryl methyl sites for hydroxylation is 2. The summed E-state index contributed by atoms with van der Waals surface area (Å²) in [5.74, 6) is 0.481. The van der Waals surface area contributed by atoms with Crippen molar-refractivity contribution in [2.75, 3.05) is 12.4 Å². The van der Waals surface area contributed by atoms with Crippen molar-refractivity contribution in [1.82, 2.24) is 25.0 Å². The molecule has 0 unspecified atom stereocenters. The van der Waals surface area contributed by atoms with Crippen LogP contribution in [0.5, 0.6) is 5.88 Å². The zero-order valence-electron chi connectivity index (χ0n) is 12.5. The highest BCUT2D eigenvalue weighted by Crippen LogP contribution is 2.25. The third-order valence-corrected chi connectivity index (χ3v) is 3.40. The first-order valence-electron chi connectivity index (χ1n) is 6.86. The van der Waals surface area contributed by atoms with Crippen molar-refractivity contribution >= 4 is 22.8 Å². The van der Waals surface area contributed by atoms with Gasteiger partial charge in [-0.05, 0) is 18.6 Å². The number of rotatable bonds is 4. The van der Waals surface area contributed by atoms with E-state index in [2.05, 4.69) is 25.6 Å². The Morgan fingerprint density at radius 3 is 3.05 bits per heavy atom. The summed E-state index contributed by atoms with van der Waals surface area (Å²) in [6.07, 6.45) is 2.32. The number of aromatic nitrogens is 5. The monoisotopic (exact) mass is 300 g/mol. The molecule has 0 aliphatic heterocycles. The number of nitrogens with one attached hydrogen (secondary N) is 2. The number of anilines is 1. The van der Waals surface area contributed by atoms with Crippen molar-refractivity contribution in [3.63, 3.8) is 0 Å². The molecule has 0 saturated carbocycles. The first-order valence-corrected chi connectivity index (χ1v) is 6.86. The van der Waals surface area contributed by atoms with Gasteiger partial charge in [-0.2, -0.15) is 10.2 Å². The molecule has 3 heterocycles. The third kappa shape index (κ3) is 2.18. The standard InChI is InChI=1S/C14H16N6O2/c1-4-9-10-11(17-18-12(10)20(2)19-9)16-13(21)8-6-5-7-15-14(8)22-3/h5-7H,4H2,1-3H3,(H2,16,17,18,21). The van der Waals surface area contributed by atoms with Gasteiger partial charge in [0.2, 0.25) is 5.88 Å². The molecule has 1 amide bonds. The maximum atomic E-state index is 12.4. The molecule has 2 N–H and O–H groups in total. The fourth-order valence-electron chi connectivity index (χ4n) is 2.36. The minimum absolute atomic E-state index is 0.276. The van der Waals surface area contributed by atoms with Crippen molar-refractivity contribution in [3.8, 4) is 5.88 Å². The number of nitrogens with zero attached hydrogens (tertiary/aromatic N) is 4. The predicted octanol–water partition coefficient (Wildman–Crippen LogP) is 1.51. The highest BCUT2D eigenvalue weighted by molar-refractivity contribution is 6.09. The lowest BCUT2D eigenvalue weighted by Crippen LogP contribution is -2.14. The predicted molar refractivity (Wildman–Crippen MR) is 81.0 cm³/mol. The van der Waals surface area contributed by atoms with Crippen LogP contribution in [0.2, 0.25) is 0 Å². The number of pyridine rings is 1. The van der Waals surface area contributed by atoms with E-state index in [1.165, 1.54) is 7.11 Å². The summed E-state index contributed by atoms with van der Waals surface area (Å²) in [5.41, 5.74) is 1.93. The number of carbonyl (C=O) groups excluding carboxylic acids is 1. The number of amides is 1. The topological polar surface area (TPSA) is 97.7 Å². The Bertz CT molecular complexity index is 835. The van der Waals surface area contributed by atoms with Gasteiger partial charge in [-0.15, -0.1) is 0 Å². The highest BCUT2D eigenvalue weighted by Gasteiger charge is 2.19. The zero-order chi connectivity index (χ0) is 15.7. The Hall–Kier alpha value is -2.90. The van der Waals surface area contributed by atoms with Gasteiger partial charge in [0.25, 0.3) is 5.91 Å². The SMILES string of the molecule is CCc1nn(C)c2n[nH]c(NC(=O)c3cccnc3OC)c12. The quantitative estimate of drug-likeness (QED) is 0.761. The van der Waals surface area contributed by atoms with Crippen LogP contribution >= 0.6 is 0 Å². The van der Waals surface area contributed by atoms with E-state index in [9.17, 15) is 4.79 Å².